The molecule has 2 aromatic rings. The summed E-state index contributed by atoms with van der Waals surface area (Å²) in [7, 11) is 0. The lowest BCUT2D eigenvalue weighted by Crippen LogP contribution is -2.39. The largest absolute Gasteiger partial charge is 0.447 e. The molecule has 174 valence electrons. The van der Waals surface area contributed by atoms with Crippen LogP contribution < -0.4 is 10.2 Å². The molecule has 10 heteroatoms. The summed E-state index contributed by atoms with van der Waals surface area (Å²) in [6.07, 6.45) is 1.14. The van der Waals surface area contributed by atoms with Crippen molar-refractivity contribution in [1.82, 2.24) is 9.97 Å². The van der Waals surface area contributed by atoms with E-state index >= 15 is 0 Å². The summed E-state index contributed by atoms with van der Waals surface area (Å²) >= 11 is 0. The maximum absolute atomic E-state index is 13.9. The predicted octanol–water partition coefficient (Wildman–Crippen LogP) is 4.57. The molecule has 0 unspecified atom stereocenters. The van der Waals surface area contributed by atoms with Crippen LogP contribution in [0, 0.1) is 12.7 Å². The third-order valence-electron chi connectivity index (χ3n) is 5.22. The van der Waals surface area contributed by atoms with Gasteiger partial charge in [0.2, 0.25) is 5.95 Å². The Hall–Kier alpha value is -3.69. The van der Waals surface area contributed by atoms with Crippen molar-refractivity contribution in [3.8, 4) is 0 Å². The van der Waals surface area contributed by atoms with Crippen molar-refractivity contribution in [3.05, 3.63) is 53.6 Å². The smallest absolute Gasteiger partial charge is 0.416 e. The molecule has 33 heavy (non-hydrogen) atoms. The summed E-state index contributed by atoms with van der Waals surface area (Å²) in [5, 5.41) is 3.06. The number of halogens is 2. The number of ether oxygens (including phenoxy) is 1. The van der Waals surface area contributed by atoms with Gasteiger partial charge in [-0.2, -0.15) is 4.98 Å². The van der Waals surface area contributed by atoms with E-state index in [1.165, 1.54) is 30.2 Å². The standard InChI is InChI=1S/C23H26F2N6O2/c1-13-10-17(6-7-18(13)25)14(2)11-28-21(26-5)16(4)29-22-27-9-8-20(30-22)31-19(15(3)24)12-33-23(31)32/h6-11,15-16,19H,5,12H2,1-4H3,(H,27,29,30)/b14-11+,28-21-/t15-,16-,19+/m0/s1. The topological polar surface area (TPSA) is 92.1 Å². The molecule has 1 aromatic carbocycles. The fourth-order valence-corrected chi connectivity index (χ4v) is 3.27. The molecule has 1 amide bonds. The number of aromatic nitrogens is 2. The Morgan fingerprint density at radius 1 is 1.39 bits per heavy atom. The van der Waals surface area contributed by atoms with E-state index in [-0.39, 0.29) is 24.2 Å². The molecule has 0 saturated carbocycles. The Bertz CT molecular complexity index is 1100. The Morgan fingerprint density at radius 3 is 2.82 bits per heavy atom. The molecule has 0 bridgehead atoms. The number of hydrogen-bond donors (Lipinski definition) is 1. The van der Waals surface area contributed by atoms with E-state index in [1.54, 1.807) is 32.2 Å². The van der Waals surface area contributed by atoms with Crippen molar-refractivity contribution in [1.29, 1.82) is 0 Å². The number of benzene rings is 1. The van der Waals surface area contributed by atoms with E-state index in [1.807, 2.05) is 6.92 Å². The van der Waals surface area contributed by atoms with Crippen LogP contribution in [0.5, 0.6) is 0 Å². The SMILES string of the molecule is C=N/C(=N\C=C(/C)c1ccc(F)c(C)c1)[C@H](C)Nc1nccc(N2C(=O)OC[C@@H]2[C@H](C)F)n1. The highest BCUT2D eigenvalue weighted by atomic mass is 19.1. The van der Waals surface area contributed by atoms with Gasteiger partial charge in [0.15, 0.2) is 0 Å². The van der Waals surface area contributed by atoms with E-state index in [2.05, 4.69) is 32.0 Å². The third kappa shape index (κ3) is 5.57. The highest BCUT2D eigenvalue weighted by Gasteiger charge is 2.39. The first-order valence-corrected chi connectivity index (χ1v) is 10.4. The number of nitrogens with zero attached hydrogens (tertiary/aromatic N) is 5. The van der Waals surface area contributed by atoms with Gasteiger partial charge in [-0.3, -0.25) is 4.90 Å². The van der Waals surface area contributed by atoms with Crippen LogP contribution in [0.15, 0.2) is 46.6 Å². The highest BCUT2D eigenvalue weighted by Crippen LogP contribution is 2.25. The second-order valence-corrected chi connectivity index (χ2v) is 7.72. The second kappa shape index (κ2) is 10.3. The lowest BCUT2D eigenvalue weighted by molar-refractivity contribution is 0.174. The molecule has 0 radical (unpaired) electrons. The minimum absolute atomic E-state index is 0.0455. The number of amides is 1. The number of aliphatic imine (C=N–C) groups is 2. The lowest BCUT2D eigenvalue weighted by atomic mass is 10.1. The van der Waals surface area contributed by atoms with Gasteiger partial charge in [0, 0.05) is 12.4 Å². The van der Waals surface area contributed by atoms with E-state index < -0.39 is 24.3 Å². The molecule has 1 aliphatic heterocycles. The van der Waals surface area contributed by atoms with Crippen molar-refractivity contribution in [2.45, 2.75) is 46.0 Å². The number of alkyl halides is 1. The molecule has 1 saturated heterocycles. The summed E-state index contributed by atoms with van der Waals surface area (Å²) in [6, 6.07) is 5.16. The predicted molar refractivity (Wildman–Crippen MR) is 125 cm³/mol. The minimum Gasteiger partial charge on any atom is -0.447 e. The normalized spacial score (nSPS) is 18.7. The van der Waals surface area contributed by atoms with Crippen LogP contribution in [0.1, 0.15) is 31.9 Å². The molecule has 3 rings (SSSR count). The monoisotopic (exact) mass is 456 g/mol. The van der Waals surface area contributed by atoms with Gasteiger partial charge in [-0.1, -0.05) is 6.07 Å². The van der Waals surface area contributed by atoms with Crippen LogP contribution in [0.4, 0.5) is 25.3 Å². The van der Waals surface area contributed by atoms with Gasteiger partial charge in [0.1, 0.15) is 36.3 Å². The fraction of sp³-hybridized carbons (Fsp3) is 0.348. The van der Waals surface area contributed by atoms with Crippen LogP contribution in [-0.2, 0) is 4.74 Å². The first-order valence-electron chi connectivity index (χ1n) is 10.4. The summed E-state index contributed by atoms with van der Waals surface area (Å²) < 4.78 is 32.4. The van der Waals surface area contributed by atoms with Crippen molar-refractivity contribution in [3.63, 3.8) is 0 Å². The number of hydrogen-bond acceptors (Lipinski definition) is 6. The second-order valence-electron chi connectivity index (χ2n) is 7.72. The molecule has 1 fully saturated rings. The number of aryl methyl sites for hydroxylation is 1. The highest BCUT2D eigenvalue weighted by molar-refractivity contribution is 5.93. The number of nitrogens with one attached hydrogen (secondary N) is 1. The minimum atomic E-state index is -1.29. The molecule has 1 aliphatic rings. The molecular formula is C23H26F2N6O2. The van der Waals surface area contributed by atoms with E-state index in [4.69, 9.17) is 4.74 Å². The zero-order chi connectivity index (χ0) is 24.1. The third-order valence-corrected chi connectivity index (χ3v) is 5.22. The molecule has 0 spiro atoms. The van der Waals surface area contributed by atoms with Gasteiger partial charge in [0.25, 0.3) is 0 Å². The number of carbonyl (C=O) groups is 1. The fourth-order valence-electron chi connectivity index (χ4n) is 3.27. The average molecular weight is 456 g/mol. The summed E-state index contributed by atoms with van der Waals surface area (Å²) in [5.41, 5.74) is 2.21. The molecular weight excluding hydrogens is 430 g/mol. The molecule has 8 nitrogen and oxygen atoms in total. The van der Waals surface area contributed by atoms with Crippen molar-refractivity contribution < 1.29 is 18.3 Å². The van der Waals surface area contributed by atoms with Gasteiger partial charge >= 0.3 is 6.09 Å². The zero-order valence-electron chi connectivity index (χ0n) is 18.9. The van der Waals surface area contributed by atoms with Crippen molar-refractivity contribution in [2.75, 3.05) is 16.8 Å². The van der Waals surface area contributed by atoms with Gasteiger partial charge in [-0.25, -0.2) is 28.5 Å². The van der Waals surface area contributed by atoms with Gasteiger partial charge in [0.05, 0.1) is 6.04 Å². The number of allylic oxidation sites excluding steroid dienone is 1. The van der Waals surface area contributed by atoms with E-state index in [9.17, 15) is 13.6 Å². The molecule has 1 N–H and O–H groups in total. The number of cyclic esters (lactones) is 1. The van der Waals surface area contributed by atoms with Crippen LogP contribution in [0.2, 0.25) is 0 Å². The Morgan fingerprint density at radius 2 is 2.15 bits per heavy atom. The molecule has 0 aliphatic carbocycles. The van der Waals surface area contributed by atoms with Gasteiger partial charge in [-0.15, -0.1) is 0 Å². The first kappa shape index (κ1) is 24.0. The summed E-state index contributed by atoms with van der Waals surface area (Å²) in [6.45, 7) is 10.2. The zero-order valence-corrected chi connectivity index (χ0v) is 18.9. The first-order chi connectivity index (χ1) is 15.7. The number of amidine groups is 1. The molecule has 3 atom stereocenters. The van der Waals surface area contributed by atoms with Gasteiger partial charge in [-0.05, 0) is 69.3 Å². The van der Waals surface area contributed by atoms with Crippen molar-refractivity contribution >= 4 is 36.0 Å². The quantitative estimate of drug-likeness (QED) is 0.487. The Kier molecular flexibility index (Phi) is 7.47. The average Bonchev–Trinajstić information content (AvgIpc) is 3.17. The van der Waals surface area contributed by atoms with Crippen LogP contribution in [0.3, 0.4) is 0 Å². The van der Waals surface area contributed by atoms with Crippen LogP contribution in [-0.4, -0.2) is 53.5 Å². The summed E-state index contributed by atoms with van der Waals surface area (Å²) in [4.78, 5) is 30.1. The molecule has 2 heterocycles. The van der Waals surface area contributed by atoms with E-state index in [0.717, 1.165) is 11.1 Å². The molecule has 1 aromatic heterocycles. The number of anilines is 2. The lowest BCUT2D eigenvalue weighted by Gasteiger charge is -2.22. The van der Waals surface area contributed by atoms with Gasteiger partial charge < -0.3 is 10.1 Å². The Labute approximate surface area is 191 Å². The maximum Gasteiger partial charge on any atom is 0.416 e. The van der Waals surface area contributed by atoms with E-state index in [0.29, 0.717) is 11.4 Å². The van der Waals surface area contributed by atoms with Crippen molar-refractivity contribution in [2.24, 2.45) is 9.98 Å². The number of rotatable bonds is 7. The maximum atomic E-state index is 13.9. The number of carbonyl (C=O) groups excluding carboxylic acids is 1. The van der Waals surface area contributed by atoms with Crippen LogP contribution in [0.25, 0.3) is 5.57 Å². The Balaban J connectivity index is 1.77. The summed E-state index contributed by atoms with van der Waals surface area (Å²) in [5.74, 6) is 0.538. The van der Waals surface area contributed by atoms with Crippen LogP contribution >= 0.6 is 0 Å².